The number of imidazole rings is 1. The first-order chi connectivity index (χ1) is 12.8. The Morgan fingerprint density at radius 1 is 1.30 bits per heavy atom. The molecule has 8 heteroatoms. The summed E-state index contributed by atoms with van der Waals surface area (Å²) in [6.45, 7) is 6.61. The van der Waals surface area contributed by atoms with Gasteiger partial charge < -0.3 is 15.0 Å². The third-order valence-electron chi connectivity index (χ3n) is 4.70. The molecule has 2 N–H and O–H groups in total. The zero-order valence-electron chi connectivity index (χ0n) is 15.7. The Kier molecular flexibility index (Phi) is 5.43. The molecule has 0 spiro atoms. The number of aromatic nitrogens is 2. The van der Waals surface area contributed by atoms with Gasteiger partial charge in [-0.05, 0) is 31.0 Å². The van der Waals surface area contributed by atoms with Gasteiger partial charge in [0, 0.05) is 31.8 Å². The maximum Gasteiger partial charge on any atom is 0.330 e. The molecule has 144 valence electrons. The fourth-order valence-electron chi connectivity index (χ4n) is 3.11. The van der Waals surface area contributed by atoms with Gasteiger partial charge in [-0.25, -0.2) is 4.79 Å². The smallest absolute Gasteiger partial charge is 0.330 e. The number of nitrogens with zero attached hydrogens (tertiary/aromatic N) is 4. The van der Waals surface area contributed by atoms with Crippen molar-refractivity contribution in [3.8, 4) is 0 Å². The fourth-order valence-corrected chi connectivity index (χ4v) is 3.23. The van der Waals surface area contributed by atoms with Crippen LogP contribution >= 0.6 is 11.6 Å². The summed E-state index contributed by atoms with van der Waals surface area (Å²) in [7, 11) is 3.59. The lowest BCUT2D eigenvalue weighted by Gasteiger charge is -2.34. The molecule has 2 amide bonds. The quantitative estimate of drug-likeness (QED) is 0.795. The van der Waals surface area contributed by atoms with E-state index in [1.54, 1.807) is 24.1 Å². The lowest BCUT2D eigenvalue weighted by molar-refractivity contribution is 0.222. The second-order valence-electron chi connectivity index (χ2n) is 6.73. The SMILES string of the molecule is C=C1c2c(nc(N[C@@H](C)CCO)n2C)N(C)C(=O)N1Cc1ccc(Cl)cc1. The van der Waals surface area contributed by atoms with Gasteiger partial charge in [-0.1, -0.05) is 30.3 Å². The molecule has 2 heterocycles. The van der Waals surface area contributed by atoms with Gasteiger partial charge in [-0.3, -0.25) is 9.80 Å². The van der Waals surface area contributed by atoms with E-state index < -0.39 is 0 Å². The predicted octanol–water partition coefficient (Wildman–Crippen LogP) is 3.30. The maximum atomic E-state index is 12.9. The molecular weight excluding hydrogens is 366 g/mol. The maximum absolute atomic E-state index is 12.9. The minimum absolute atomic E-state index is 0.0528. The van der Waals surface area contributed by atoms with E-state index in [-0.39, 0.29) is 18.7 Å². The Bertz CT molecular complexity index is 862. The summed E-state index contributed by atoms with van der Waals surface area (Å²) in [4.78, 5) is 20.6. The number of fused-ring (bicyclic) bond motifs is 1. The van der Waals surface area contributed by atoms with Crippen LogP contribution in [0.4, 0.5) is 16.6 Å². The Morgan fingerprint density at radius 2 is 1.96 bits per heavy atom. The standard InChI is InChI=1S/C19H24ClN5O2/c1-12(9-10-26)21-18-22-17-16(23(18)3)13(2)25(19(27)24(17)4)11-14-5-7-15(20)8-6-14/h5-8,12,26H,2,9-11H2,1,3-4H3,(H,21,22)/t12-/m0/s1. The summed E-state index contributed by atoms with van der Waals surface area (Å²) in [6, 6.07) is 7.26. The van der Waals surface area contributed by atoms with Gasteiger partial charge in [0.15, 0.2) is 5.82 Å². The van der Waals surface area contributed by atoms with Crippen molar-refractivity contribution in [1.29, 1.82) is 0 Å². The number of halogens is 1. The number of carbonyl (C=O) groups is 1. The Balaban J connectivity index is 1.91. The van der Waals surface area contributed by atoms with Crippen LogP contribution in [0.2, 0.25) is 5.02 Å². The number of hydrogen-bond donors (Lipinski definition) is 2. The molecule has 1 atom stereocenters. The van der Waals surface area contributed by atoms with E-state index in [9.17, 15) is 4.79 Å². The summed E-state index contributed by atoms with van der Waals surface area (Å²) in [5, 5.41) is 13.0. The molecule has 1 aromatic heterocycles. The Hall–Kier alpha value is -2.51. The van der Waals surface area contributed by atoms with Crippen molar-refractivity contribution >= 4 is 35.1 Å². The first kappa shape index (κ1) is 19.3. The number of hydrogen-bond acceptors (Lipinski definition) is 4. The van der Waals surface area contributed by atoms with E-state index in [2.05, 4.69) is 16.9 Å². The first-order valence-electron chi connectivity index (χ1n) is 8.76. The van der Waals surface area contributed by atoms with Gasteiger partial charge in [0.2, 0.25) is 5.95 Å². The third-order valence-corrected chi connectivity index (χ3v) is 4.95. The van der Waals surface area contributed by atoms with Crippen LogP contribution in [-0.2, 0) is 13.6 Å². The number of benzene rings is 1. The average Bonchev–Trinajstić information content (AvgIpc) is 2.95. The highest BCUT2D eigenvalue weighted by atomic mass is 35.5. The summed E-state index contributed by atoms with van der Waals surface area (Å²) in [6.07, 6.45) is 0.607. The van der Waals surface area contributed by atoms with Crippen LogP contribution < -0.4 is 10.2 Å². The molecule has 0 fully saturated rings. The van der Waals surface area contributed by atoms with E-state index in [1.807, 2.05) is 30.7 Å². The number of nitrogens with one attached hydrogen (secondary N) is 1. The van der Waals surface area contributed by atoms with E-state index in [1.165, 1.54) is 4.90 Å². The Morgan fingerprint density at radius 3 is 2.59 bits per heavy atom. The lowest BCUT2D eigenvalue weighted by atomic mass is 10.1. The van der Waals surface area contributed by atoms with Gasteiger partial charge in [0.05, 0.1) is 12.2 Å². The van der Waals surface area contributed by atoms with E-state index in [4.69, 9.17) is 16.7 Å². The number of aliphatic hydroxyl groups excluding tert-OH is 1. The zero-order chi connectivity index (χ0) is 19.7. The van der Waals surface area contributed by atoms with E-state index in [0.29, 0.717) is 35.5 Å². The first-order valence-corrected chi connectivity index (χ1v) is 9.14. The second-order valence-corrected chi connectivity index (χ2v) is 7.16. The number of amides is 2. The van der Waals surface area contributed by atoms with Gasteiger partial charge in [0.1, 0.15) is 5.69 Å². The summed E-state index contributed by atoms with van der Waals surface area (Å²) in [5.41, 5.74) is 2.34. The van der Waals surface area contributed by atoms with Crippen molar-refractivity contribution in [3.63, 3.8) is 0 Å². The van der Waals surface area contributed by atoms with Crippen LogP contribution in [0.15, 0.2) is 30.8 Å². The number of rotatable bonds is 6. The minimum atomic E-state index is -0.185. The summed E-state index contributed by atoms with van der Waals surface area (Å²) >= 11 is 5.95. The molecule has 0 saturated heterocycles. The van der Waals surface area contributed by atoms with Crippen molar-refractivity contribution in [2.24, 2.45) is 7.05 Å². The highest BCUT2D eigenvalue weighted by molar-refractivity contribution is 6.30. The van der Waals surface area contributed by atoms with Crippen molar-refractivity contribution in [2.75, 3.05) is 23.9 Å². The summed E-state index contributed by atoms with van der Waals surface area (Å²) < 4.78 is 1.89. The highest BCUT2D eigenvalue weighted by Crippen LogP contribution is 2.36. The molecule has 0 unspecified atom stereocenters. The van der Waals surface area contributed by atoms with Crippen molar-refractivity contribution in [2.45, 2.75) is 25.9 Å². The normalized spacial score (nSPS) is 15.1. The van der Waals surface area contributed by atoms with Crippen LogP contribution in [0, 0.1) is 0 Å². The molecular formula is C19H24ClN5O2. The van der Waals surface area contributed by atoms with Crippen LogP contribution in [-0.4, -0.2) is 45.3 Å². The topological polar surface area (TPSA) is 73.6 Å². The molecule has 0 saturated carbocycles. The fraction of sp³-hybridized carbons (Fsp3) is 0.368. The summed E-state index contributed by atoms with van der Waals surface area (Å²) in [5.74, 6) is 1.20. The van der Waals surface area contributed by atoms with Gasteiger partial charge in [0.25, 0.3) is 0 Å². The van der Waals surface area contributed by atoms with Crippen molar-refractivity contribution in [3.05, 3.63) is 47.1 Å². The monoisotopic (exact) mass is 389 g/mol. The molecule has 27 heavy (non-hydrogen) atoms. The van der Waals surface area contributed by atoms with Crippen molar-refractivity contribution in [1.82, 2.24) is 14.5 Å². The van der Waals surface area contributed by atoms with Gasteiger partial charge >= 0.3 is 6.03 Å². The molecule has 3 rings (SSSR count). The largest absolute Gasteiger partial charge is 0.396 e. The average molecular weight is 390 g/mol. The van der Waals surface area contributed by atoms with Crippen LogP contribution in [0.25, 0.3) is 5.70 Å². The second kappa shape index (κ2) is 7.62. The number of aliphatic hydroxyl groups is 1. The Labute approximate surface area is 163 Å². The number of urea groups is 1. The number of anilines is 2. The molecule has 1 aromatic carbocycles. The van der Waals surface area contributed by atoms with Crippen LogP contribution in [0.5, 0.6) is 0 Å². The van der Waals surface area contributed by atoms with Crippen LogP contribution in [0.1, 0.15) is 24.6 Å². The molecule has 2 aromatic rings. The van der Waals surface area contributed by atoms with E-state index >= 15 is 0 Å². The molecule has 0 radical (unpaired) electrons. The third kappa shape index (κ3) is 3.65. The lowest BCUT2D eigenvalue weighted by Crippen LogP contribution is -2.44. The molecule has 0 bridgehead atoms. The van der Waals surface area contributed by atoms with Crippen molar-refractivity contribution < 1.29 is 9.90 Å². The molecule has 7 nitrogen and oxygen atoms in total. The van der Waals surface area contributed by atoms with E-state index in [0.717, 1.165) is 11.3 Å². The predicted molar refractivity (Wildman–Crippen MR) is 108 cm³/mol. The molecule has 1 aliphatic rings. The van der Waals surface area contributed by atoms with Crippen LogP contribution in [0.3, 0.4) is 0 Å². The van der Waals surface area contributed by atoms with Gasteiger partial charge in [-0.2, -0.15) is 4.98 Å². The highest BCUT2D eigenvalue weighted by Gasteiger charge is 2.35. The minimum Gasteiger partial charge on any atom is -0.396 e. The zero-order valence-corrected chi connectivity index (χ0v) is 16.5. The number of carbonyl (C=O) groups excluding carboxylic acids is 1. The molecule has 0 aliphatic carbocycles. The molecule has 1 aliphatic heterocycles. The van der Waals surface area contributed by atoms with Gasteiger partial charge in [-0.15, -0.1) is 0 Å².